The zero-order chi connectivity index (χ0) is 12.3. The van der Waals surface area contributed by atoms with E-state index in [0.717, 1.165) is 25.9 Å². The van der Waals surface area contributed by atoms with Gasteiger partial charge in [-0.1, -0.05) is 19.1 Å². The lowest BCUT2D eigenvalue weighted by Crippen LogP contribution is -2.20. The Balaban J connectivity index is 2.17. The normalized spacial score (nSPS) is 13.8. The van der Waals surface area contributed by atoms with E-state index in [1.807, 2.05) is 6.07 Å². The first-order valence-electron chi connectivity index (χ1n) is 6.30. The van der Waals surface area contributed by atoms with Crippen LogP contribution in [0.1, 0.15) is 30.9 Å². The van der Waals surface area contributed by atoms with Crippen molar-refractivity contribution in [2.75, 3.05) is 18.0 Å². The average molecular weight is 233 g/mol. The lowest BCUT2D eigenvalue weighted by molar-refractivity contribution is -0.136. The number of aryl methyl sites for hydroxylation is 1. The van der Waals surface area contributed by atoms with Crippen molar-refractivity contribution >= 4 is 11.7 Å². The number of carboxylic acids is 1. The monoisotopic (exact) mass is 233 g/mol. The van der Waals surface area contributed by atoms with Gasteiger partial charge in [-0.15, -0.1) is 0 Å². The molecule has 92 valence electrons. The molecule has 0 bridgehead atoms. The largest absolute Gasteiger partial charge is 0.481 e. The zero-order valence-electron chi connectivity index (χ0n) is 10.3. The second-order valence-electron chi connectivity index (χ2n) is 4.55. The van der Waals surface area contributed by atoms with E-state index >= 15 is 0 Å². The molecule has 0 unspecified atom stereocenters. The van der Waals surface area contributed by atoms with Crippen LogP contribution in [0, 0.1) is 0 Å². The second-order valence-corrected chi connectivity index (χ2v) is 4.55. The molecule has 1 aliphatic heterocycles. The summed E-state index contributed by atoms with van der Waals surface area (Å²) >= 11 is 0. The van der Waals surface area contributed by atoms with E-state index in [1.54, 1.807) is 0 Å². The number of aliphatic carboxylic acids is 1. The lowest BCUT2D eigenvalue weighted by Gasteiger charge is -2.18. The van der Waals surface area contributed by atoms with E-state index in [4.69, 9.17) is 5.11 Å². The van der Waals surface area contributed by atoms with E-state index in [0.29, 0.717) is 6.42 Å². The standard InChI is InChI=1S/C14H19NO2/c1-2-9-15-10-8-12-11(6-7-14(16)17)4-3-5-13(12)15/h3-5H,2,6-10H2,1H3,(H,16,17). The van der Waals surface area contributed by atoms with Gasteiger partial charge in [0.2, 0.25) is 0 Å². The summed E-state index contributed by atoms with van der Waals surface area (Å²) in [5.41, 5.74) is 3.89. The van der Waals surface area contributed by atoms with Crippen LogP contribution in [0.2, 0.25) is 0 Å². The van der Waals surface area contributed by atoms with Crippen LogP contribution in [0.15, 0.2) is 18.2 Å². The van der Waals surface area contributed by atoms with Crippen molar-refractivity contribution in [2.45, 2.75) is 32.6 Å². The number of fused-ring (bicyclic) bond motifs is 1. The molecule has 0 radical (unpaired) electrons. The summed E-state index contributed by atoms with van der Waals surface area (Å²) in [5, 5.41) is 8.75. The van der Waals surface area contributed by atoms with Crippen LogP contribution in [-0.4, -0.2) is 24.2 Å². The molecule has 3 nitrogen and oxygen atoms in total. The van der Waals surface area contributed by atoms with Gasteiger partial charge in [-0.3, -0.25) is 4.79 Å². The Hall–Kier alpha value is -1.51. The predicted octanol–water partition coefficient (Wildman–Crippen LogP) is 2.48. The first-order valence-corrected chi connectivity index (χ1v) is 6.30. The Kier molecular flexibility index (Phi) is 3.67. The maximum Gasteiger partial charge on any atom is 0.303 e. The van der Waals surface area contributed by atoms with Crippen LogP contribution in [0.5, 0.6) is 0 Å². The van der Waals surface area contributed by atoms with Gasteiger partial charge in [0, 0.05) is 25.2 Å². The molecule has 0 aromatic heterocycles. The summed E-state index contributed by atoms with van der Waals surface area (Å²) in [4.78, 5) is 13.0. The van der Waals surface area contributed by atoms with Gasteiger partial charge in [0.05, 0.1) is 0 Å². The molecule has 17 heavy (non-hydrogen) atoms. The predicted molar refractivity (Wildman–Crippen MR) is 68.6 cm³/mol. The first-order chi connectivity index (χ1) is 8.22. The molecule has 0 amide bonds. The molecule has 2 rings (SSSR count). The molecule has 0 aliphatic carbocycles. The Bertz CT molecular complexity index is 415. The van der Waals surface area contributed by atoms with Crippen molar-refractivity contribution in [3.8, 4) is 0 Å². The molecule has 0 fully saturated rings. The van der Waals surface area contributed by atoms with Gasteiger partial charge in [0.1, 0.15) is 0 Å². The Morgan fingerprint density at radius 2 is 2.29 bits per heavy atom. The molecule has 3 heteroatoms. The van der Waals surface area contributed by atoms with E-state index in [1.165, 1.54) is 16.8 Å². The molecule has 1 heterocycles. The minimum absolute atomic E-state index is 0.226. The molecule has 1 aliphatic rings. The molecule has 0 spiro atoms. The third-order valence-electron chi connectivity index (χ3n) is 3.32. The zero-order valence-corrected chi connectivity index (χ0v) is 10.3. The molecule has 1 aromatic carbocycles. The van der Waals surface area contributed by atoms with Crippen molar-refractivity contribution in [2.24, 2.45) is 0 Å². The molecule has 0 atom stereocenters. The van der Waals surface area contributed by atoms with Gasteiger partial charge in [-0.25, -0.2) is 0 Å². The number of hydrogen-bond acceptors (Lipinski definition) is 2. The Morgan fingerprint density at radius 3 is 3.00 bits per heavy atom. The number of rotatable bonds is 5. The molecule has 0 saturated carbocycles. The van der Waals surface area contributed by atoms with Crippen LogP contribution in [0.25, 0.3) is 0 Å². The summed E-state index contributed by atoms with van der Waals surface area (Å²) in [7, 11) is 0. The number of nitrogens with zero attached hydrogens (tertiary/aromatic N) is 1. The van der Waals surface area contributed by atoms with Crippen molar-refractivity contribution in [3.05, 3.63) is 29.3 Å². The van der Waals surface area contributed by atoms with E-state index in [2.05, 4.69) is 24.0 Å². The summed E-state index contributed by atoms with van der Waals surface area (Å²) in [6, 6.07) is 6.27. The minimum Gasteiger partial charge on any atom is -0.481 e. The van der Waals surface area contributed by atoms with Gasteiger partial charge in [0.25, 0.3) is 0 Å². The smallest absolute Gasteiger partial charge is 0.303 e. The fraction of sp³-hybridized carbons (Fsp3) is 0.500. The van der Waals surface area contributed by atoms with Crippen LogP contribution < -0.4 is 4.90 Å². The number of carbonyl (C=O) groups is 1. The lowest BCUT2D eigenvalue weighted by atomic mass is 10.0. The summed E-state index contributed by atoms with van der Waals surface area (Å²) in [6.07, 6.45) is 3.09. The number of anilines is 1. The summed E-state index contributed by atoms with van der Waals surface area (Å²) in [5.74, 6) is -0.717. The topological polar surface area (TPSA) is 40.5 Å². The second kappa shape index (κ2) is 5.21. The first kappa shape index (κ1) is 12.0. The highest BCUT2D eigenvalue weighted by molar-refractivity contribution is 5.68. The van der Waals surface area contributed by atoms with Gasteiger partial charge < -0.3 is 10.0 Å². The SMILES string of the molecule is CCCN1CCc2c(CCC(=O)O)cccc21. The van der Waals surface area contributed by atoms with Gasteiger partial charge in [0.15, 0.2) is 0 Å². The summed E-state index contributed by atoms with van der Waals surface area (Å²) in [6.45, 7) is 4.36. The van der Waals surface area contributed by atoms with Gasteiger partial charge in [-0.2, -0.15) is 0 Å². The van der Waals surface area contributed by atoms with Crippen LogP contribution in [-0.2, 0) is 17.6 Å². The number of carboxylic acid groups (broad SMARTS) is 1. The maximum atomic E-state index is 10.6. The average Bonchev–Trinajstić information content (AvgIpc) is 2.71. The molecule has 1 N–H and O–H groups in total. The Morgan fingerprint density at radius 1 is 1.47 bits per heavy atom. The van der Waals surface area contributed by atoms with Crippen LogP contribution in [0.4, 0.5) is 5.69 Å². The van der Waals surface area contributed by atoms with Gasteiger partial charge in [-0.05, 0) is 36.5 Å². The highest BCUT2D eigenvalue weighted by atomic mass is 16.4. The highest BCUT2D eigenvalue weighted by Crippen LogP contribution is 2.31. The van der Waals surface area contributed by atoms with E-state index < -0.39 is 5.97 Å². The van der Waals surface area contributed by atoms with Crippen LogP contribution >= 0.6 is 0 Å². The van der Waals surface area contributed by atoms with Crippen molar-refractivity contribution in [1.29, 1.82) is 0 Å². The van der Waals surface area contributed by atoms with E-state index in [9.17, 15) is 4.79 Å². The van der Waals surface area contributed by atoms with E-state index in [-0.39, 0.29) is 6.42 Å². The van der Waals surface area contributed by atoms with Crippen molar-refractivity contribution in [1.82, 2.24) is 0 Å². The Labute approximate surface area is 102 Å². The number of benzene rings is 1. The molecule has 1 aromatic rings. The third-order valence-corrected chi connectivity index (χ3v) is 3.32. The van der Waals surface area contributed by atoms with Gasteiger partial charge >= 0.3 is 5.97 Å². The minimum atomic E-state index is -0.717. The fourth-order valence-corrected chi connectivity index (χ4v) is 2.55. The molecule has 0 saturated heterocycles. The third kappa shape index (κ3) is 2.60. The van der Waals surface area contributed by atoms with Crippen molar-refractivity contribution in [3.63, 3.8) is 0 Å². The van der Waals surface area contributed by atoms with Crippen LogP contribution in [0.3, 0.4) is 0 Å². The molecular formula is C14H19NO2. The summed E-state index contributed by atoms with van der Waals surface area (Å²) < 4.78 is 0. The fourth-order valence-electron chi connectivity index (χ4n) is 2.55. The maximum absolute atomic E-state index is 10.6. The number of hydrogen-bond donors (Lipinski definition) is 1. The quantitative estimate of drug-likeness (QED) is 0.849. The molecular weight excluding hydrogens is 214 g/mol. The van der Waals surface area contributed by atoms with Crippen molar-refractivity contribution < 1.29 is 9.90 Å². The highest BCUT2D eigenvalue weighted by Gasteiger charge is 2.20.